The molecule has 6 heteroatoms. The summed E-state index contributed by atoms with van der Waals surface area (Å²) in [6.07, 6.45) is 4.75. The maximum absolute atomic E-state index is 12.7. The Balaban J connectivity index is 1.85. The van der Waals surface area contributed by atoms with Gasteiger partial charge >= 0.3 is 0 Å². The molecule has 0 atom stereocenters. The van der Waals surface area contributed by atoms with Crippen molar-refractivity contribution in [3.05, 3.63) is 95.9 Å². The van der Waals surface area contributed by atoms with Gasteiger partial charge in [0.15, 0.2) is 0 Å². The lowest BCUT2D eigenvalue weighted by atomic mass is 10.2. The summed E-state index contributed by atoms with van der Waals surface area (Å²) in [7, 11) is 0. The SMILES string of the molecule is O=C(Nc1ccc(O)cc1)/C(=C\c1cccnc1)NC(=O)c1ccccc1. The number of benzene rings is 2. The van der Waals surface area contributed by atoms with Gasteiger partial charge in [0, 0.05) is 23.6 Å². The highest BCUT2D eigenvalue weighted by Gasteiger charge is 2.15. The second kappa shape index (κ2) is 8.44. The van der Waals surface area contributed by atoms with Crippen LogP contribution in [0.25, 0.3) is 6.08 Å². The van der Waals surface area contributed by atoms with Crippen LogP contribution in [-0.4, -0.2) is 21.9 Å². The molecular weight excluding hydrogens is 342 g/mol. The lowest BCUT2D eigenvalue weighted by Gasteiger charge is -2.11. The summed E-state index contributed by atoms with van der Waals surface area (Å²) < 4.78 is 0. The van der Waals surface area contributed by atoms with Crippen LogP contribution in [-0.2, 0) is 4.79 Å². The zero-order valence-corrected chi connectivity index (χ0v) is 14.3. The molecule has 0 aliphatic heterocycles. The average Bonchev–Trinajstić information content (AvgIpc) is 2.70. The highest BCUT2D eigenvalue weighted by atomic mass is 16.3. The molecule has 1 heterocycles. The van der Waals surface area contributed by atoms with E-state index in [9.17, 15) is 14.7 Å². The van der Waals surface area contributed by atoms with Crippen LogP contribution in [0.2, 0.25) is 0 Å². The molecule has 6 nitrogen and oxygen atoms in total. The van der Waals surface area contributed by atoms with E-state index in [1.54, 1.807) is 73.1 Å². The minimum absolute atomic E-state index is 0.0740. The molecule has 3 rings (SSSR count). The minimum atomic E-state index is -0.492. The lowest BCUT2D eigenvalue weighted by Crippen LogP contribution is -2.30. The van der Waals surface area contributed by atoms with Gasteiger partial charge in [0.25, 0.3) is 11.8 Å². The Labute approximate surface area is 156 Å². The molecule has 0 aliphatic rings. The summed E-state index contributed by atoms with van der Waals surface area (Å²) in [6, 6.07) is 18.2. The van der Waals surface area contributed by atoms with E-state index >= 15 is 0 Å². The van der Waals surface area contributed by atoms with Crippen molar-refractivity contribution in [1.29, 1.82) is 0 Å². The van der Waals surface area contributed by atoms with E-state index in [1.165, 1.54) is 12.1 Å². The van der Waals surface area contributed by atoms with Gasteiger partial charge in [-0.15, -0.1) is 0 Å². The van der Waals surface area contributed by atoms with E-state index in [0.29, 0.717) is 16.8 Å². The first-order valence-corrected chi connectivity index (χ1v) is 8.20. The molecule has 3 aromatic rings. The predicted octanol–water partition coefficient (Wildman–Crippen LogP) is 3.20. The van der Waals surface area contributed by atoms with Gasteiger partial charge in [-0.3, -0.25) is 14.6 Å². The molecule has 134 valence electrons. The van der Waals surface area contributed by atoms with Crippen LogP contribution in [0.5, 0.6) is 5.75 Å². The van der Waals surface area contributed by atoms with Crippen molar-refractivity contribution in [3.8, 4) is 5.75 Å². The number of hydrogen-bond donors (Lipinski definition) is 3. The van der Waals surface area contributed by atoms with E-state index < -0.39 is 11.8 Å². The van der Waals surface area contributed by atoms with Crippen molar-refractivity contribution in [3.63, 3.8) is 0 Å². The monoisotopic (exact) mass is 359 g/mol. The third-order valence-corrected chi connectivity index (χ3v) is 3.65. The third-order valence-electron chi connectivity index (χ3n) is 3.65. The van der Waals surface area contributed by atoms with Crippen LogP contribution in [0.4, 0.5) is 5.69 Å². The molecule has 0 aliphatic carbocycles. The number of aromatic hydroxyl groups is 1. The Bertz CT molecular complexity index is 953. The Morgan fingerprint density at radius 2 is 1.67 bits per heavy atom. The quantitative estimate of drug-likeness (QED) is 0.482. The molecule has 1 aromatic heterocycles. The smallest absolute Gasteiger partial charge is 0.272 e. The molecule has 0 radical (unpaired) electrons. The zero-order chi connectivity index (χ0) is 19.1. The number of phenolic OH excluding ortho intramolecular Hbond substituents is 1. The number of rotatable bonds is 5. The summed E-state index contributed by atoms with van der Waals surface area (Å²) in [5.74, 6) is -0.795. The lowest BCUT2D eigenvalue weighted by molar-refractivity contribution is -0.113. The largest absolute Gasteiger partial charge is 0.508 e. The number of pyridine rings is 1. The molecule has 0 spiro atoms. The number of phenols is 1. The fourth-order valence-electron chi connectivity index (χ4n) is 2.31. The highest BCUT2D eigenvalue weighted by Crippen LogP contribution is 2.15. The van der Waals surface area contributed by atoms with Gasteiger partial charge in [0.2, 0.25) is 0 Å². The van der Waals surface area contributed by atoms with E-state index in [4.69, 9.17) is 0 Å². The fraction of sp³-hybridized carbons (Fsp3) is 0. The van der Waals surface area contributed by atoms with Crippen molar-refractivity contribution >= 4 is 23.6 Å². The van der Waals surface area contributed by atoms with E-state index in [2.05, 4.69) is 15.6 Å². The van der Waals surface area contributed by atoms with Crippen molar-refractivity contribution < 1.29 is 14.7 Å². The van der Waals surface area contributed by atoms with Gasteiger partial charge < -0.3 is 15.7 Å². The Morgan fingerprint density at radius 3 is 2.33 bits per heavy atom. The number of nitrogens with zero attached hydrogens (tertiary/aromatic N) is 1. The van der Waals surface area contributed by atoms with Gasteiger partial charge in [-0.05, 0) is 54.1 Å². The minimum Gasteiger partial charge on any atom is -0.508 e. The second-order valence-electron chi connectivity index (χ2n) is 5.67. The zero-order valence-electron chi connectivity index (χ0n) is 14.3. The first-order valence-electron chi connectivity index (χ1n) is 8.20. The number of amides is 2. The Morgan fingerprint density at radius 1 is 0.926 bits per heavy atom. The molecule has 0 saturated heterocycles. The number of nitrogens with one attached hydrogen (secondary N) is 2. The summed E-state index contributed by atoms with van der Waals surface area (Å²) in [5.41, 5.74) is 1.67. The van der Waals surface area contributed by atoms with Crippen LogP contribution in [0.3, 0.4) is 0 Å². The molecule has 0 fully saturated rings. The van der Waals surface area contributed by atoms with E-state index in [1.807, 2.05) is 0 Å². The van der Waals surface area contributed by atoms with Crippen LogP contribution in [0.15, 0.2) is 84.8 Å². The second-order valence-corrected chi connectivity index (χ2v) is 5.67. The molecule has 0 saturated carbocycles. The van der Waals surface area contributed by atoms with E-state index in [0.717, 1.165) is 0 Å². The number of anilines is 1. The summed E-state index contributed by atoms with van der Waals surface area (Å²) in [5, 5.41) is 14.7. The molecule has 0 unspecified atom stereocenters. The van der Waals surface area contributed by atoms with Crippen molar-refractivity contribution in [2.24, 2.45) is 0 Å². The van der Waals surface area contributed by atoms with Crippen molar-refractivity contribution in [1.82, 2.24) is 10.3 Å². The normalized spacial score (nSPS) is 10.9. The van der Waals surface area contributed by atoms with Crippen LogP contribution < -0.4 is 10.6 Å². The highest BCUT2D eigenvalue weighted by molar-refractivity contribution is 6.10. The molecular formula is C21H17N3O3. The van der Waals surface area contributed by atoms with Crippen LogP contribution >= 0.6 is 0 Å². The van der Waals surface area contributed by atoms with Gasteiger partial charge in [-0.25, -0.2) is 0 Å². The van der Waals surface area contributed by atoms with Gasteiger partial charge in [0.05, 0.1) is 0 Å². The van der Waals surface area contributed by atoms with Gasteiger partial charge in [0.1, 0.15) is 11.4 Å². The Kier molecular flexibility index (Phi) is 5.59. The average molecular weight is 359 g/mol. The number of carbonyl (C=O) groups is 2. The van der Waals surface area contributed by atoms with Crippen molar-refractivity contribution in [2.75, 3.05) is 5.32 Å². The Hall–Kier alpha value is -3.93. The topological polar surface area (TPSA) is 91.3 Å². The standard InChI is InChI=1S/C21H17N3O3/c25-18-10-8-17(9-11-18)23-21(27)19(13-15-5-4-12-22-14-15)24-20(26)16-6-2-1-3-7-16/h1-14,25H,(H,23,27)(H,24,26)/b19-13+. The maximum atomic E-state index is 12.7. The van der Waals surface area contributed by atoms with Crippen molar-refractivity contribution in [2.45, 2.75) is 0 Å². The molecule has 3 N–H and O–H groups in total. The molecule has 27 heavy (non-hydrogen) atoms. The number of hydrogen-bond acceptors (Lipinski definition) is 4. The maximum Gasteiger partial charge on any atom is 0.272 e. The van der Waals surface area contributed by atoms with Crippen LogP contribution in [0, 0.1) is 0 Å². The summed E-state index contributed by atoms with van der Waals surface area (Å²) in [4.78, 5) is 29.2. The first kappa shape index (κ1) is 17.9. The van der Waals surface area contributed by atoms with Gasteiger partial charge in [-0.2, -0.15) is 0 Å². The summed E-state index contributed by atoms with van der Waals surface area (Å²) in [6.45, 7) is 0. The van der Waals surface area contributed by atoms with E-state index in [-0.39, 0.29) is 11.4 Å². The third kappa shape index (κ3) is 5.02. The predicted molar refractivity (Wildman–Crippen MR) is 103 cm³/mol. The molecule has 2 amide bonds. The number of aromatic nitrogens is 1. The first-order chi connectivity index (χ1) is 13.1. The van der Waals surface area contributed by atoms with Gasteiger partial charge in [-0.1, -0.05) is 24.3 Å². The fourth-order valence-corrected chi connectivity index (χ4v) is 2.31. The molecule has 2 aromatic carbocycles. The summed E-state index contributed by atoms with van der Waals surface area (Å²) >= 11 is 0. The molecule has 0 bridgehead atoms. The van der Waals surface area contributed by atoms with Crippen LogP contribution in [0.1, 0.15) is 15.9 Å². The number of carbonyl (C=O) groups excluding carboxylic acids is 2.